The smallest absolute Gasteiger partial charge is 0.240 e. The van der Waals surface area contributed by atoms with Crippen molar-refractivity contribution in [1.29, 1.82) is 0 Å². The minimum absolute atomic E-state index is 0.102. The first-order chi connectivity index (χ1) is 10.1. The third kappa shape index (κ3) is 4.54. The number of hydrogen-bond donors (Lipinski definition) is 2. The van der Waals surface area contributed by atoms with E-state index in [9.17, 15) is 9.59 Å². The first-order valence-electron chi connectivity index (χ1n) is 7.07. The Hall–Kier alpha value is -1.92. The zero-order chi connectivity index (χ0) is 15.2. The normalized spacial score (nSPS) is 16.4. The Kier molecular flexibility index (Phi) is 5.30. The van der Waals surface area contributed by atoms with E-state index in [4.69, 9.17) is 10.5 Å². The van der Waals surface area contributed by atoms with E-state index in [1.54, 1.807) is 19.1 Å². The number of benzene rings is 1. The lowest BCUT2D eigenvalue weighted by Crippen LogP contribution is -2.41. The summed E-state index contributed by atoms with van der Waals surface area (Å²) < 4.78 is 5.23. The third-order valence-electron chi connectivity index (χ3n) is 3.35. The van der Waals surface area contributed by atoms with Crippen molar-refractivity contribution in [2.75, 3.05) is 31.6 Å². The van der Waals surface area contributed by atoms with Crippen molar-refractivity contribution in [3.05, 3.63) is 29.8 Å². The van der Waals surface area contributed by atoms with Crippen molar-refractivity contribution >= 4 is 17.5 Å². The lowest BCUT2D eigenvalue weighted by Gasteiger charge is -2.26. The number of carbonyl (C=O) groups excluding carboxylic acids is 2. The largest absolute Gasteiger partial charge is 0.378 e. The highest BCUT2D eigenvalue weighted by molar-refractivity contribution is 5.94. The number of nitrogens with one attached hydrogen (secondary N) is 1. The number of rotatable bonds is 4. The van der Waals surface area contributed by atoms with Crippen molar-refractivity contribution < 1.29 is 14.3 Å². The second-order valence-electron chi connectivity index (χ2n) is 5.14. The molecule has 0 aromatic heterocycles. The fourth-order valence-corrected chi connectivity index (χ4v) is 2.06. The average Bonchev–Trinajstić information content (AvgIpc) is 2.50. The molecule has 3 N–H and O–H groups in total. The van der Waals surface area contributed by atoms with Gasteiger partial charge >= 0.3 is 0 Å². The van der Waals surface area contributed by atoms with Gasteiger partial charge in [0.15, 0.2) is 0 Å². The predicted molar refractivity (Wildman–Crippen MR) is 79.8 cm³/mol. The quantitative estimate of drug-likeness (QED) is 0.839. The predicted octanol–water partition coefficient (Wildman–Crippen LogP) is 0.374. The van der Waals surface area contributed by atoms with Crippen molar-refractivity contribution in [2.24, 2.45) is 5.73 Å². The minimum Gasteiger partial charge on any atom is -0.378 e. The van der Waals surface area contributed by atoms with Gasteiger partial charge in [-0.1, -0.05) is 12.1 Å². The molecule has 0 spiro atoms. The zero-order valence-electron chi connectivity index (χ0n) is 12.2. The molecule has 1 heterocycles. The molecule has 0 bridgehead atoms. The first-order valence-corrected chi connectivity index (χ1v) is 7.07. The van der Waals surface area contributed by atoms with Crippen LogP contribution in [0.5, 0.6) is 0 Å². The summed E-state index contributed by atoms with van der Waals surface area (Å²) in [7, 11) is 0. The van der Waals surface area contributed by atoms with Crippen LogP contribution in [0, 0.1) is 0 Å². The van der Waals surface area contributed by atoms with Gasteiger partial charge in [-0.3, -0.25) is 9.59 Å². The van der Waals surface area contributed by atoms with Crippen LogP contribution in [0.4, 0.5) is 5.69 Å². The molecule has 1 aromatic rings. The molecule has 1 aliphatic heterocycles. The van der Waals surface area contributed by atoms with Crippen LogP contribution >= 0.6 is 0 Å². The fraction of sp³-hybridized carbons (Fsp3) is 0.467. The minimum atomic E-state index is -0.549. The molecule has 0 aliphatic carbocycles. The number of nitrogens with zero attached hydrogens (tertiary/aromatic N) is 1. The van der Waals surface area contributed by atoms with E-state index in [-0.39, 0.29) is 11.8 Å². The molecule has 1 atom stereocenters. The van der Waals surface area contributed by atoms with E-state index in [0.717, 1.165) is 5.56 Å². The molecule has 2 amide bonds. The summed E-state index contributed by atoms with van der Waals surface area (Å²) in [4.78, 5) is 25.4. The Labute approximate surface area is 124 Å². The molecular formula is C15H21N3O3. The molecule has 1 aliphatic rings. The van der Waals surface area contributed by atoms with E-state index in [1.165, 1.54) is 0 Å². The van der Waals surface area contributed by atoms with Crippen LogP contribution in [0.25, 0.3) is 0 Å². The number of ether oxygens (including phenoxy) is 1. The highest BCUT2D eigenvalue weighted by Gasteiger charge is 2.17. The number of hydrogen-bond acceptors (Lipinski definition) is 4. The van der Waals surface area contributed by atoms with Gasteiger partial charge in [-0.05, 0) is 24.6 Å². The Balaban J connectivity index is 1.89. The van der Waals surface area contributed by atoms with Crippen LogP contribution < -0.4 is 11.1 Å². The van der Waals surface area contributed by atoms with Crippen LogP contribution in [0.1, 0.15) is 12.5 Å². The maximum atomic E-state index is 12.1. The van der Waals surface area contributed by atoms with E-state index < -0.39 is 6.04 Å². The van der Waals surface area contributed by atoms with Gasteiger partial charge in [0.2, 0.25) is 11.8 Å². The molecular weight excluding hydrogens is 270 g/mol. The SMILES string of the molecule is CC(N)C(=O)Nc1ccc(CC(=O)N2CCOCC2)cc1. The maximum absolute atomic E-state index is 12.1. The molecule has 21 heavy (non-hydrogen) atoms. The van der Waals surface area contributed by atoms with Crippen LogP contribution in [0.15, 0.2) is 24.3 Å². The van der Waals surface area contributed by atoms with Crippen LogP contribution in [0.2, 0.25) is 0 Å². The first kappa shape index (κ1) is 15.5. The molecule has 0 saturated carbocycles. The molecule has 2 rings (SSSR count). The van der Waals surface area contributed by atoms with Gasteiger partial charge in [0.1, 0.15) is 0 Å². The summed E-state index contributed by atoms with van der Waals surface area (Å²) in [6.07, 6.45) is 0.363. The number of amides is 2. The topological polar surface area (TPSA) is 84.7 Å². The Bertz CT molecular complexity index is 493. The molecule has 6 heteroatoms. The van der Waals surface area contributed by atoms with Crippen LogP contribution in [0.3, 0.4) is 0 Å². The second kappa shape index (κ2) is 7.19. The molecule has 0 radical (unpaired) electrons. The fourth-order valence-electron chi connectivity index (χ4n) is 2.06. The zero-order valence-corrected chi connectivity index (χ0v) is 12.2. The number of carbonyl (C=O) groups is 2. The van der Waals surface area contributed by atoms with E-state index in [1.807, 2.05) is 17.0 Å². The van der Waals surface area contributed by atoms with E-state index in [0.29, 0.717) is 38.4 Å². The summed E-state index contributed by atoms with van der Waals surface area (Å²) in [6.45, 7) is 4.15. The van der Waals surface area contributed by atoms with Gasteiger partial charge in [-0.25, -0.2) is 0 Å². The Morgan fingerprint density at radius 1 is 1.29 bits per heavy atom. The van der Waals surface area contributed by atoms with Gasteiger partial charge < -0.3 is 20.7 Å². The van der Waals surface area contributed by atoms with Gasteiger partial charge in [-0.15, -0.1) is 0 Å². The monoisotopic (exact) mass is 291 g/mol. The molecule has 114 valence electrons. The lowest BCUT2D eigenvalue weighted by atomic mass is 10.1. The number of anilines is 1. The van der Waals surface area contributed by atoms with Gasteiger partial charge in [0.05, 0.1) is 25.7 Å². The molecule has 1 saturated heterocycles. The van der Waals surface area contributed by atoms with Crippen molar-refractivity contribution in [3.63, 3.8) is 0 Å². The second-order valence-corrected chi connectivity index (χ2v) is 5.14. The summed E-state index contributed by atoms with van der Waals surface area (Å²) in [5.41, 5.74) is 7.09. The Morgan fingerprint density at radius 2 is 1.90 bits per heavy atom. The van der Waals surface area contributed by atoms with E-state index >= 15 is 0 Å². The molecule has 6 nitrogen and oxygen atoms in total. The standard InChI is InChI=1S/C15H21N3O3/c1-11(16)15(20)17-13-4-2-12(3-5-13)10-14(19)18-6-8-21-9-7-18/h2-5,11H,6-10,16H2,1H3,(H,17,20). The van der Waals surface area contributed by atoms with E-state index in [2.05, 4.69) is 5.32 Å². The molecule has 1 aromatic carbocycles. The number of morpholine rings is 1. The maximum Gasteiger partial charge on any atom is 0.240 e. The summed E-state index contributed by atoms with van der Waals surface area (Å²) in [5, 5.41) is 2.71. The Morgan fingerprint density at radius 3 is 2.48 bits per heavy atom. The highest BCUT2D eigenvalue weighted by atomic mass is 16.5. The van der Waals surface area contributed by atoms with Crippen molar-refractivity contribution in [1.82, 2.24) is 4.90 Å². The van der Waals surface area contributed by atoms with Crippen molar-refractivity contribution in [2.45, 2.75) is 19.4 Å². The summed E-state index contributed by atoms with van der Waals surface area (Å²) >= 11 is 0. The number of nitrogens with two attached hydrogens (primary N) is 1. The lowest BCUT2D eigenvalue weighted by molar-refractivity contribution is -0.134. The highest BCUT2D eigenvalue weighted by Crippen LogP contribution is 2.11. The molecule has 1 unspecified atom stereocenters. The van der Waals surface area contributed by atoms with Crippen LogP contribution in [-0.2, 0) is 20.7 Å². The molecule has 1 fully saturated rings. The summed E-state index contributed by atoms with van der Waals surface area (Å²) in [5.74, 6) is -0.127. The van der Waals surface area contributed by atoms with Gasteiger partial charge in [0, 0.05) is 18.8 Å². The third-order valence-corrected chi connectivity index (χ3v) is 3.35. The van der Waals surface area contributed by atoms with Gasteiger partial charge in [-0.2, -0.15) is 0 Å². The van der Waals surface area contributed by atoms with Gasteiger partial charge in [0.25, 0.3) is 0 Å². The average molecular weight is 291 g/mol. The van der Waals surface area contributed by atoms with Crippen molar-refractivity contribution in [3.8, 4) is 0 Å². The summed E-state index contributed by atoms with van der Waals surface area (Å²) in [6, 6.07) is 6.70. The van der Waals surface area contributed by atoms with Crippen LogP contribution in [-0.4, -0.2) is 49.1 Å².